The summed E-state index contributed by atoms with van der Waals surface area (Å²) in [5.41, 5.74) is 1.68. The third-order valence-corrected chi connectivity index (χ3v) is 5.80. The Labute approximate surface area is 168 Å². The molecule has 1 aliphatic rings. The standard InChI is InChI=1S/C20H23N5O2S/c1-14-5-7-16(8-6-14)27-11-18-22-17(12-28-18)20(26)25-9-3-4-15(10-25)19-23-21-13-24(19)2/h5-8,12-13,15H,3-4,9-11H2,1-2H3. The number of carbonyl (C=O) groups excluding carboxylic acids is 1. The molecular weight excluding hydrogens is 374 g/mol. The topological polar surface area (TPSA) is 73.1 Å². The molecule has 1 fully saturated rings. The van der Waals surface area contributed by atoms with Crippen LogP contribution in [0.15, 0.2) is 36.0 Å². The van der Waals surface area contributed by atoms with E-state index in [1.165, 1.54) is 16.9 Å². The van der Waals surface area contributed by atoms with Gasteiger partial charge in [0.05, 0.1) is 0 Å². The Kier molecular flexibility index (Phi) is 5.38. The molecule has 0 radical (unpaired) electrons. The first kappa shape index (κ1) is 18.6. The zero-order chi connectivity index (χ0) is 19.5. The molecule has 0 N–H and O–H groups in total. The molecule has 28 heavy (non-hydrogen) atoms. The lowest BCUT2D eigenvalue weighted by Crippen LogP contribution is -2.39. The molecule has 7 nitrogen and oxygen atoms in total. The zero-order valence-corrected chi connectivity index (χ0v) is 16.9. The Morgan fingerprint density at radius 3 is 2.89 bits per heavy atom. The number of aromatic nitrogens is 4. The first-order valence-electron chi connectivity index (χ1n) is 9.37. The Morgan fingerprint density at radius 2 is 2.14 bits per heavy atom. The SMILES string of the molecule is Cc1ccc(OCc2nc(C(=O)N3CCCC(c4nncn4C)C3)cs2)cc1. The van der Waals surface area contributed by atoms with Gasteiger partial charge >= 0.3 is 0 Å². The smallest absolute Gasteiger partial charge is 0.273 e. The highest BCUT2D eigenvalue weighted by atomic mass is 32.1. The summed E-state index contributed by atoms with van der Waals surface area (Å²) in [7, 11) is 1.94. The highest BCUT2D eigenvalue weighted by Gasteiger charge is 2.29. The van der Waals surface area contributed by atoms with Crippen LogP contribution >= 0.6 is 11.3 Å². The van der Waals surface area contributed by atoms with E-state index in [1.54, 1.807) is 6.33 Å². The second kappa shape index (κ2) is 8.10. The maximum Gasteiger partial charge on any atom is 0.273 e. The fourth-order valence-corrected chi connectivity index (χ4v) is 4.13. The van der Waals surface area contributed by atoms with Gasteiger partial charge in [-0.15, -0.1) is 21.5 Å². The second-order valence-corrected chi connectivity index (χ2v) is 8.06. The number of likely N-dealkylation sites (tertiary alicyclic amines) is 1. The van der Waals surface area contributed by atoms with Crippen LogP contribution in [0.3, 0.4) is 0 Å². The number of hydrogen-bond donors (Lipinski definition) is 0. The maximum absolute atomic E-state index is 12.9. The average Bonchev–Trinajstić information content (AvgIpc) is 3.36. The number of piperidine rings is 1. The molecule has 1 aliphatic heterocycles. The van der Waals surface area contributed by atoms with E-state index in [4.69, 9.17) is 4.74 Å². The van der Waals surface area contributed by atoms with Gasteiger partial charge in [0, 0.05) is 31.4 Å². The third-order valence-electron chi connectivity index (χ3n) is 4.97. The molecule has 3 heterocycles. The van der Waals surface area contributed by atoms with Gasteiger partial charge in [-0.2, -0.15) is 0 Å². The third kappa shape index (κ3) is 4.06. The number of hydrogen-bond acceptors (Lipinski definition) is 6. The quantitative estimate of drug-likeness (QED) is 0.661. The predicted octanol–water partition coefficient (Wildman–Crippen LogP) is 3.18. The van der Waals surface area contributed by atoms with E-state index in [0.717, 1.165) is 36.0 Å². The van der Waals surface area contributed by atoms with Crippen LogP contribution in [-0.4, -0.2) is 43.6 Å². The van der Waals surface area contributed by atoms with Gasteiger partial charge in [0.1, 0.15) is 35.2 Å². The van der Waals surface area contributed by atoms with Crippen LogP contribution in [0.2, 0.25) is 0 Å². The van der Waals surface area contributed by atoms with E-state index in [2.05, 4.69) is 15.2 Å². The highest BCUT2D eigenvalue weighted by molar-refractivity contribution is 7.09. The number of carbonyl (C=O) groups is 1. The van der Waals surface area contributed by atoms with Crippen molar-refractivity contribution in [2.24, 2.45) is 7.05 Å². The highest BCUT2D eigenvalue weighted by Crippen LogP contribution is 2.26. The molecule has 4 rings (SSSR count). The molecule has 0 spiro atoms. The molecule has 0 saturated carbocycles. The van der Waals surface area contributed by atoms with Crippen LogP contribution in [-0.2, 0) is 13.7 Å². The predicted molar refractivity (Wildman–Crippen MR) is 107 cm³/mol. The van der Waals surface area contributed by atoms with Crippen LogP contribution in [0.25, 0.3) is 0 Å². The minimum atomic E-state index is -0.0234. The van der Waals surface area contributed by atoms with Crippen LogP contribution < -0.4 is 4.74 Å². The molecule has 8 heteroatoms. The summed E-state index contributed by atoms with van der Waals surface area (Å²) in [5, 5.41) is 10.8. The molecule has 2 aromatic heterocycles. The van der Waals surface area contributed by atoms with E-state index in [-0.39, 0.29) is 11.8 Å². The van der Waals surface area contributed by atoms with E-state index in [1.807, 2.05) is 53.1 Å². The Hall–Kier alpha value is -2.74. The number of nitrogens with zero attached hydrogens (tertiary/aromatic N) is 5. The molecule has 1 saturated heterocycles. The first-order chi connectivity index (χ1) is 13.6. The van der Waals surface area contributed by atoms with Gasteiger partial charge in [-0.25, -0.2) is 4.98 Å². The average molecular weight is 398 g/mol. The number of thiazole rings is 1. The van der Waals surface area contributed by atoms with E-state index >= 15 is 0 Å². The van der Waals surface area contributed by atoms with E-state index in [9.17, 15) is 4.79 Å². The Bertz CT molecular complexity index is 950. The second-order valence-electron chi connectivity index (χ2n) is 7.12. The van der Waals surface area contributed by atoms with Gasteiger partial charge in [0.15, 0.2) is 0 Å². The van der Waals surface area contributed by atoms with Gasteiger partial charge in [0.25, 0.3) is 5.91 Å². The summed E-state index contributed by atoms with van der Waals surface area (Å²) in [6.45, 7) is 3.80. The van der Waals surface area contributed by atoms with Crippen molar-refractivity contribution in [3.63, 3.8) is 0 Å². The van der Waals surface area contributed by atoms with Crippen molar-refractivity contribution in [2.75, 3.05) is 13.1 Å². The van der Waals surface area contributed by atoms with Crippen LogP contribution in [0.4, 0.5) is 0 Å². The minimum Gasteiger partial charge on any atom is -0.486 e. The molecule has 1 atom stereocenters. The van der Waals surface area contributed by atoms with Crippen molar-refractivity contribution < 1.29 is 9.53 Å². The summed E-state index contributed by atoms with van der Waals surface area (Å²) in [6, 6.07) is 7.90. The molecule has 0 bridgehead atoms. The Morgan fingerprint density at radius 1 is 1.32 bits per heavy atom. The normalized spacial score (nSPS) is 16.9. The molecule has 0 aliphatic carbocycles. The summed E-state index contributed by atoms with van der Waals surface area (Å²) in [4.78, 5) is 19.3. The number of ether oxygens (including phenoxy) is 1. The summed E-state index contributed by atoms with van der Waals surface area (Å²) < 4.78 is 7.70. The largest absolute Gasteiger partial charge is 0.486 e. The lowest BCUT2D eigenvalue weighted by molar-refractivity contribution is 0.0698. The molecule has 1 amide bonds. The summed E-state index contributed by atoms with van der Waals surface area (Å²) >= 11 is 1.46. The zero-order valence-electron chi connectivity index (χ0n) is 16.0. The molecular formula is C20H23N5O2S. The van der Waals surface area contributed by atoms with Gasteiger partial charge in [-0.3, -0.25) is 4.79 Å². The van der Waals surface area contributed by atoms with Crippen molar-refractivity contribution in [2.45, 2.75) is 32.3 Å². The van der Waals surface area contributed by atoms with E-state index < -0.39 is 0 Å². The van der Waals surface area contributed by atoms with E-state index in [0.29, 0.717) is 18.8 Å². The number of aryl methyl sites for hydroxylation is 2. The monoisotopic (exact) mass is 397 g/mol. The summed E-state index contributed by atoms with van der Waals surface area (Å²) in [5.74, 6) is 1.93. The molecule has 1 unspecified atom stereocenters. The number of amides is 1. The fourth-order valence-electron chi connectivity index (χ4n) is 3.45. The van der Waals surface area contributed by atoms with Crippen molar-refractivity contribution in [1.29, 1.82) is 0 Å². The molecule has 1 aromatic carbocycles. The molecule has 146 valence electrons. The van der Waals surface area contributed by atoms with Crippen LogP contribution in [0, 0.1) is 6.92 Å². The van der Waals surface area contributed by atoms with Crippen molar-refractivity contribution in [3.8, 4) is 5.75 Å². The van der Waals surface area contributed by atoms with Crippen molar-refractivity contribution in [1.82, 2.24) is 24.6 Å². The maximum atomic E-state index is 12.9. The van der Waals surface area contributed by atoms with Gasteiger partial charge in [-0.05, 0) is 31.9 Å². The van der Waals surface area contributed by atoms with Gasteiger partial charge in [0.2, 0.25) is 0 Å². The summed E-state index contributed by atoms with van der Waals surface area (Å²) in [6.07, 6.45) is 3.68. The number of benzene rings is 1. The molecule has 3 aromatic rings. The number of rotatable bonds is 5. The van der Waals surface area contributed by atoms with Gasteiger partial charge in [-0.1, -0.05) is 17.7 Å². The van der Waals surface area contributed by atoms with Crippen molar-refractivity contribution >= 4 is 17.2 Å². The first-order valence-corrected chi connectivity index (χ1v) is 10.2. The Balaban J connectivity index is 1.38. The lowest BCUT2D eigenvalue weighted by Gasteiger charge is -2.31. The van der Waals surface area contributed by atoms with Crippen LogP contribution in [0.1, 0.15) is 45.6 Å². The minimum absolute atomic E-state index is 0.0234. The van der Waals surface area contributed by atoms with Gasteiger partial charge < -0.3 is 14.2 Å². The fraction of sp³-hybridized carbons (Fsp3) is 0.400. The van der Waals surface area contributed by atoms with Crippen LogP contribution in [0.5, 0.6) is 5.75 Å². The lowest BCUT2D eigenvalue weighted by atomic mass is 9.97. The van der Waals surface area contributed by atoms with Crippen molar-refractivity contribution in [3.05, 3.63) is 58.1 Å².